The van der Waals surface area contributed by atoms with E-state index < -0.39 is 31.3 Å². The maximum absolute atomic E-state index is 13.5. The van der Waals surface area contributed by atoms with Gasteiger partial charge in [0.25, 0.3) is 0 Å². The van der Waals surface area contributed by atoms with Crippen molar-refractivity contribution in [3.63, 3.8) is 0 Å². The van der Waals surface area contributed by atoms with Crippen LogP contribution >= 0.6 is 23.2 Å². The smallest absolute Gasteiger partial charge is 0.151 e. The first-order valence-electron chi connectivity index (χ1n) is 5.14. The van der Waals surface area contributed by atoms with Crippen LogP contribution < -0.4 is 0 Å². The molecular weight excluding hydrogens is 349 g/mol. The standard InChI is InChI=1S/C12H6Cl2F2O2S2/c13-7-1-3-11(9(14)5-7)19(17)20(18)12-4-2-8(15)6-10(12)16/h1-6H. The van der Waals surface area contributed by atoms with E-state index in [4.69, 9.17) is 23.2 Å². The van der Waals surface area contributed by atoms with Gasteiger partial charge in [-0.3, -0.25) is 0 Å². The molecule has 0 aromatic heterocycles. The van der Waals surface area contributed by atoms with E-state index in [1.54, 1.807) is 0 Å². The van der Waals surface area contributed by atoms with E-state index in [-0.39, 0.29) is 14.8 Å². The highest BCUT2D eigenvalue weighted by atomic mass is 35.5. The summed E-state index contributed by atoms with van der Waals surface area (Å²) >= 11 is 11.6. The van der Waals surface area contributed by atoms with Gasteiger partial charge in [-0.2, -0.15) is 0 Å². The Bertz CT molecular complexity index is 661. The lowest BCUT2D eigenvalue weighted by Gasteiger charge is -2.06. The summed E-state index contributed by atoms with van der Waals surface area (Å²) in [4.78, 5) is -0.283. The van der Waals surface area contributed by atoms with Crippen molar-refractivity contribution in [3.05, 3.63) is 58.1 Å². The van der Waals surface area contributed by atoms with Gasteiger partial charge in [-0.25, -0.2) is 17.2 Å². The molecule has 8 heteroatoms. The van der Waals surface area contributed by atoms with Gasteiger partial charge >= 0.3 is 0 Å². The molecule has 20 heavy (non-hydrogen) atoms. The molecule has 0 radical (unpaired) electrons. The molecule has 0 fully saturated rings. The van der Waals surface area contributed by atoms with Gasteiger partial charge in [0.15, 0.2) is 9.83 Å². The van der Waals surface area contributed by atoms with Crippen molar-refractivity contribution in [3.8, 4) is 0 Å². The van der Waals surface area contributed by atoms with Gasteiger partial charge in [-0.1, -0.05) is 23.2 Å². The third-order valence-electron chi connectivity index (χ3n) is 2.28. The number of hydrogen-bond donors (Lipinski definition) is 0. The summed E-state index contributed by atoms with van der Waals surface area (Å²) in [6.45, 7) is 0. The molecule has 2 rings (SSSR count). The minimum atomic E-state index is -2.21. The summed E-state index contributed by atoms with van der Waals surface area (Å²) < 4.78 is 50.5. The molecule has 106 valence electrons. The molecular formula is C12H6Cl2F2O2S2. The molecule has 0 aliphatic heterocycles. The molecule has 2 aromatic rings. The van der Waals surface area contributed by atoms with Crippen molar-refractivity contribution in [2.45, 2.75) is 9.79 Å². The SMILES string of the molecule is O=S(c1ccc(F)cc1F)S(=O)c1ccc(Cl)cc1Cl. The monoisotopic (exact) mass is 354 g/mol. The molecule has 2 unspecified atom stereocenters. The predicted molar refractivity (Wildman–Crippen MR) is 75.6 cm³/mol. The van der Waals surface area contributed by atoms with Gasteiger partial charge in [0.2, 0.25) is 0 Å². The van der Waals surface area contributed by atoms with Gasteiger partial charge in [0.1, 0.15) is 21.5 Å². The molecule has 0 aliphatic carbocycles. The Kier molecular flexibility index (Phi) is 4.90. The summed E-state index contributed by atoms with van der Waals surface area (Å²) in [6.07, 6.45) is 0. The number of benzene rings is 2. The normalized spacial score (nSPS) is 14.0. The van der Waals surface area contributed by atoms with Crippen LogP contribution in [0.15, 0.2) is 46.2 Å². The van der Waals surface area contributed by atoms with Crippen molar-refractivity contribution in [1.82, 2.24) is 0 Å². The first-order chi connectivity index (χ1) is 9.40. The van der Waals surface area contributed by atoms with Crippen LogP contribution in [0.3, 0.4) is 0 Å². The summed E-state index contributed by atoms with van der Waals surface area (Å²) in [5, 5.41) is 0.390. The fourth-order valence-corrected chi connectivity index (χ4v) is 5.08. The summed E-state index contributed by atoms with van der Waals surface area (Å²) in [5.74, 6) is -1.83. The lowest BCUT2D eigenvalue weighted by Crippen LogP contribution is -2.04. The molecule has 2 atom stereocenters. The van der Waals surface area contributed by atoms with Crippen molar-refractivity contribution < 1.29 is 17.2 Å². The Morgan fingerprint density at radius 3 is 2.05 bits per heavy atom. The third kappa shape index (κ3) is 3.25. The van der Waals surface area contributed by atoms with Crippen LogP contribution in [-0.4, -0.2) is 8.42 Å². The molecule has 0 spiro atoms. The lowest BCUT2D eigenvalue weighted by atomic mass is 10.3. The van der Waals surface area contributed by atoms with Gasteiger partial charge in [0.05, 0.1) is 14.8 Å². The minimum Gasteiger partial charge on any atom is -0.240 e. The van der Waals surface area contributed by atoms with Crippen LogP contribution in [-0.2, 0) is 19.7 Å². The van der Waals surface area contributed by atoms with Crippen LogP contribution in [0.25, 0.3) is 0 Å². The highest BCUT2D eigenvalue weighted by molar-refractivity contribution is 8.61. The first kappa shape index (κ1) is 15.6. The third-order valence-corrected chi connectivity index (χ3v) is 6.53. The molecule has 0 saturated heterocycles. The molecule has 2 nitrogen and oxygen atoms in total. The molecule has 0 N–H and O–H groups in total. The molecule has 0 amide bonds. The minimum absolute atomic E-state index is 0.0618. The lowest BCUT2D eigenvalue weighted by molar-refractivity contribution is 0.563. The number of rotatable bonds is 3. The average Bonchev–Trinajstić information content (AvgIpc) is 2.37. The van der Waals surface area contributed by atoms with Gasteiger partial charge in [-0.15, -0.1) is 0 Å². The average molecular weight is 355 g/mol. The number of halogens is 4. The van der Waals surface area contributed by atoms with Crippen LogP contribution in [0.4, 0.5) is 8.78 Å². The molecule has 0 aliphatic rings. The van der Waals surface area contributed by atoms with Gasteiger partial charge in [0, 0.05) is 11.1 Å². The zero-order chi connectivity index (χ0) is 14.9. The topological polar surface area (TPSA) is 34.1 Å². The highest BCUT2D eigenvalue weighted by Gasteiger charge is 2.21. The second-order valence-corrected chi connectivity index (χ2v) is 8.10. The van der Waals surface area contributed by atoms with E-state index in [0.717, 1.165) is 12.1 Å². The molecule has 2 aromatic carbocycles. The zero-order valence-electron chi connectivity index (χ0n) is 9.61. The van der Waals surface area contributed by atoms with E-state index in [1.807, 2.05) is 0 Å². The van der Waals surface area contributed by atoms with E-state index in [9.17, 15) is 17.2 Å². The Morgan fingerprint density at radius 1 is 0.850 bits per heavy atom. The van der Waals surface area contributed by atoms with E-state index in [1.165, 1.54) is 18.2 Å². The predicted octanol–water partition coefficient (Wildman–Crippen LogP) is 4.10. The van der Waals surface area contributed by atoms with Crippen molar-refractivity contribution in [2.24, 2.45) is 0 Å². The quantitative estimate of drug-likeness (QED) is 0.777. The molecule has 0 heterocycles. The van der Waals surface area contributed by atoms with Crippen LogP contribution in [0.2, 0.25) is 10.0 Å². The Labute approximate surface area is 128 Å². The summed E-state index contributed by atoms with van der Waals surface area (Å²) in [7, 11) is -4.31. The fraction of sp³-hybridized carbons (Fsp3) is 0. The maximum atomic E-state index is 13.5. The van der Waals surface area contributed by atoms with Gasteiger partial charge < -0.3 is 0 Å². The Hall–Kier alpha value is -0.820. The fourth-order valence-electron chi connectivity index (χ4n) is 1.38. The largest absolute Gasteiger partial charge is 0.240 e. The van der Waals surface area contributed by atoms with Crippen molar-refractivity contribution in [1.29, 1.82) is 0 Å². The highest BCUT2D eigenvalue weighted by Crippen LogP contribution is 2.27. The van der Waals surface area contributed by atoms with E-state index in [0.29, 0.717) is 11.1 Å². The van der Waals surface area contributed by atoms with Crippen molar-refractivity contribution >= 4 is 42.9 Å². The van der Waals surface area contributed by atoms with E-state index in [2.05, 4.69) is 0 Å². The second-order valence-electron chi connectivity index (χ2n) is 3.62. The maximum Gasteiger partial charge on any atom is 0.151 e. The summed E-state index contributed by atoms with van der Waals surface area (Å²) in [6, 6.07) is 6.63. The van der Waals surface area contributed by atoms with Crippen LogP contribution in [0, 0.1) is 11.6 Å². The van der Waals surface area contributed by atoms with E-state index >= 15 is 0 Å². The first-order valence-corrected chi connectivity index (χ1v) is 8.71. The molecule has 0 saturated carbocycles. The number of hydrogen-bond acceptors (Lipinski definition) is 2. The second kappa shape index (κ2) is 6.30. The molecule has 0 bridgehead atoms. The zero-order valence-corrected chi connectivity index (χ0v) is 12.8. The summed E-state index contributed by atoms with van der Waals surface area (Å²) in [5.41, 5.74) is 0. The van der Waals surface area contributed by atoms with Crippen molar-refractivity contribution in [2.75, 3.05) is 0 Å². The Balaban J connectivity index is 2.40. The Morgan fingerprint density at radius 2 is 1.45 bits per heavy atom. The van der Waals surface area contributed by atoms with Crippen LogP contribution in [0.5, 0.6) is 0 Å². The van der Waals surface area contributed by atoms with Gasteiger partial charge in [-0.05, 0) is 30.3 Å². The van der Waals surface area contributed by atoms with Crippen LogP contribution in [0.1, 0.15) is 0 Å².